The molecule has 0 aliphatic carbocycles. The Labute approximate surface area is 78.9 Å². The van der Waals surface area contributed by atoms with Crippen LogP contribution in [0.1, 0.15) is 5.56 Å². The van der Waals surface area contributed by atoms with Gasteiger partial charge in [-0.15, -0.1) is 0 Å². The molecule has 0 aliphatic rings. The van der Waals surface area contributed by atoms with Gasteiger partial charge in [0, 0.05) is 4.47 Å². The molecule has 0 heterocycles. The maximum Gasteiger partial charge on any atom is 0.241 e. The molecule has 0 atom stereocenters. The van der Waals surface area contributed by atoms with E-state index >= 15 is 0 Å². The Bertz CT molecular complexity index is 303. The molecule has 11 heavy (non-hydrogen) atoms. The highest BCUT2D eigenvalue weighted by Gasteiger charge is 2.04. The van der Waals surface area contributed by atoms with Crippen molar-refractivity contribution < 1.29 is 0 Å². The molecule has 0 unspecified atom stereocenters. The van der Waals surface area contributed by atoms with E-state index in [1.54, 1.807) is 0 Å². The smallest absolute Gasteiger partial charge is 0.241 e. The van der Waals surface area contributed by atoms with Gasteiger partial charge in [-0.25, -0.2) is 6.57 Å². The highest BCUT2D eigenvalue weighted by atomic mass is 79.9. The summed E-state index contributed by atoms with van der Waals surface area (Å²) < 4.78 is 0.848. The van der Waals surface area contributed by atoms with Crippen molar-refractivity contribution in [3.05, 3.63) is 44.7 Å². The van der Waals surface area contributed by atoms with Crippen LogP contribution >= 0.6 is 27.5 Å². The second-order valence-corrected chi connectivity index (χ2v) is 3.26. The Hall–Kier alpha value is -0.520. The molecule has 0 amide bonds. The molecule has 1 nitrogen and oxygen atoms in total. The predicted octanol–water partition coefficient (Wildman–Crippen LogP) is 3.52. The van der Waals surface area contributed by atoms with E-state index in [0.29, 0.717) is 11.6 Å². The third-order valence-electron chi connectivity index (χ3n) is 1.28. The summed E-state index contributed by atoms with van der Waals surface area (Å²) in [5.74, 6) is 0. The zero-order valence-electron chi connectivity index (χ0n) is 5.64. The first-order chi connectivity index (χ1) is 5.25. The van der Waals surface area contributed by atoms with E-state index in [2.05, 4.69) is 20.8 Å². The van der Waals surface area contributed by atoms with Gasteiger partial charge in [0.1, 0.15) is 0 Å². The lowest BCUT2D eigenvalue weighted by Crippen LogP contribution is -1.81. The van der Waals surface area contributed by atoms with E-state index in [0.717, 1.165) is 10.0 Å². The van der Waals surface area contributed by atoms with Crippen molar-refractivity contribution in [2.45, 2.75) is 6.54 Å². The minimum absolute atomic E-state index is 0.346. The van der Waals surface area contributed by atoms with Gasteiger partial charge in [-0.05, 0) is 22.0 Å². The maximum absolute atomic E-state index is 6.66. The Kier molecular flexibility index (Phi) is 2.92. The zero-order chi connectivity index (χ0) is 8.27. The van der Waals surface area contributed by atoms with Gasteiger partial charge in [-0.3, -0.25) is 0 Å². The number of nitrogens with zero attached hydrogens (tertiary/aromatic N) is 1. The molecular weight excluding hydrogens is 225 g/mol. The molecule has 56 valence electrons. The van der Waals surface area contributed by atoms with E-state index in [4.69, 9.17) is 18.2 Å². The molecule has 0 bridgehead atoms. The van der Waals surface area contributed by atoms with Crippen LogP contribution in [0, 0.1) is 6.57 Å². The van der Waals surface area contributed by atoms with Crippen molar-refractivity contribution in [1.82, 2.24) is 0 Å². The first-order valence-electron chi connectivity index (χ1n) is 3.02. The lowest BCUT2D eigenvalue weighted by Gasteiger charge is -1.97. The Balaban J connectivity index is 3.08. The van der Waals surface area contributed by atoms with E-state index in [1.165, 1.54) is 0 Å². The van der Waals surface area contributed by atoms with Crippen LogP contribution < -0.4 is 0 Å². The topological polar surface area (TPSA) is 4.36 Å². The third kappa shape index (κ3) is 1.95. The zero-order valence-corrected chi connectivity index (χ0v) is 7.98. The van der Waals surface area contributed by atoms with Crippen molar-refractivity contribution in [2.24, 2.45) is 0 Å². The number of hydrogen-bond acceptors (Lipinski definition) is 0. The fourth-order valence-electron chi connectivity index (χ4n) is 0.756. The summed E-state index contributed by atoms with van der Waals surface area (Å²) in [6.45, 7) is 7.00. The SMILES string of the molecule is [C-]#[N+]Cc1cccc(Br)c1Cl. The average molecular weight is 230 g/mol. The summed E-state index contributed by atoms with van der Waals surface area (Å²) in [5.41, 5.74) is 0.871. The third-order valence-corrected chi connectivity index (χ3v) is 2.62. The van der Waals surface area contributed by atoms with Crippen molar-refractivity contribution in [3.63, 3.8) is 0 Å². The van der Waals surface area contributed by atoms with Crippen LogP contribution in [-0.2, 0) is 6.54 Å². The van der Waals surface area contributed by atoms with E-state index in [9.17, 15) is 0 Å². The Morgan fingerprint density at radius 1 is 1.55 bits per heavy atom. The number of halogens is 2. The summed E-state index contributed by atoms with van der Waals surface area (Å²) in [5, 5.41) is 0.642. The Morgan fingerprint density at radius 2 is 2.27 bits per heavy atom. The average Bonchev–Trinajstić information content (AvgIpc) is 1.99. The number of hydrogen-bond donors (Lipinski definition) is 0. The van der Waals surface area contributed by atoms with Gasteiger partial charge in [0.05, 0.1) is 10.6 Å². The summed E-state index contributed by atoms with van der Waals surface area (Å²) >= 11 is 9.16. The first kappa shape index (κ1) is 8.58. The monoisotopic (exact) mass is 229 g/mol. The largest absolute Gasteiger partial charge is 0.312 e. The number of benzene rings is 1. The molecule has 0 saturated heterocycles. The molecule has 3 heteroatoms. The fraction of sp³-hybridized carbons (Fsp3) is 0.125. The Morgan fingerprint density at radius 3 is 2.91 bits per heavy atom. The summed E-state index contributed by atoms with van der Waals surface area (Å²) in [7, 11) is 0. The van der Waals surface area contributed by atoms with Crippen molar-refractivity contribution in [1.29, 1.82) is 0 Å². The van der Waals surface area contributed by atoms with Crippen molar-refractivity contribution in [3.8, 4) is 0 Å². The van der Waals surface area contributed by atoms with E-state index < -0.39 is 0 Å². The second-order valence-electron chi connectivity index (χ2n) is 2.03. The van der Waals surface area contributed by atoms with E-state index in [1.807, 2.05) is 18.2 Å². The molecule has 0 spiro atoms. The molecule has 0 fully saturated rings. The van der Waals surface area contributed by atoms with Gasteiger partial charge >= 0.3 is 0 Å². The minimum atomic E-state index is 0.346. The standard InChI is InChI=1S/C8H5BrClN/c1-11-5-6-3-2-4-7(9)8(6)10/h2-4H,5H2. The molecular formula is C8H5BrClN. The fourth-order valence-corrected chi connectivity index (χ4v) is 1.35. The highest BCUT2D eigenvalue weighted by molar-refractivity contribution is 9.10. The quantitative estimate of drug-likeness (QED) is 0.650. The minimum Gasteiger partial charge on any atom is -0.312 e. The molecule has 0 saturated carbocycles. The molecule has 1 aromatic rings. The normalized spacial score (nSPS) is 9.18. The predicted molar refractivity (Wildman–Crippen MR) is 49.5 cm³/mol. The molecule has 0 radical (unpaired) electrons. The maximum atomic E-state index is 6.66. The van der Waals surface area contributed by atoms with Crippen LogP contribution in [0.3, 0.4) is 0 Å². The molecule has 0 aromatic heterocycles. The van der Waals surface area contributed by atoms with Gasteiger partial charge in [0.15, 0.2) is 0 Å². The summed E-state index contributed by atoms with van der Waals surface area (Å²) in [6.07, 6.45) is 0. The number of rotatable bonds is 1. The van der Waals surface area contributed by atoms with Gasteiger partial charge < -0.3 is 4.85 Å². The van der Waals surface area contributed by atoms with Crippen LogP contribution in [0.5, 0.6) is 0 Å². The van der Waals surface area contributed by atoms with Crippen LogP contribution in [0.25, 0.3) is 4.85 Å². The van der Waals surface area contributed by atoms with Crippen LogP contribution in [0.15, 0.2) is 22.7 Å². The van der Waals surface area contributed by atoms with Crippen LogP contribution in [-0.4, -0.2) is 0 Å². The van der Waals surface area contributed by atoms with Crippen LogP contribution in [0.2, 0.25) is 5.02 Å². The van der Waals surface area contributed by atoms with Gasteiger partial charge in [-0.2, -0.15) is 0 Å². The van der Waals surface area contributed by atoms with Crippen molar-refractivity contribution >= 4 is 27.5 Å². The van der Waals surface area contributed by atoms with Gasteiger partial charge in [0.25, 0.3) is 0 Å². The summed E-state index contributed by atoms with van der Waals surface area (Å²) in [6, 6.07) is 5.58. The molecule has 1 aromatic carbocycles. The van der Waals surface area contributed by atoms with Gasteiger partial charge in [0.2, 0.25) is 6.54 Å². The van der Waals surface area contributed by atoms with Crippen LogP contribution in [0.4, 0.5) is 0 Å². The summed E-state index contributed by atoms with van der Waals surface area (Å²) in [4.78, 5) is 3.25. The van der Waals surface area contributed by atoms with E-state index in [-0.39, 0.29) is 0 Å². The van der Waals surface area contributed by atoms with Gasteiger partial charge in [-0.1, -0.05) is 23.7 Å². The molecule has 0 N–H and O–H groups in total. The highest BCUT2D eigenvalue weighted by Crippen LogP contribution is 2.26. The lowest BCUT2D eigenvalue weighted by molar-refractivity contribution is 1.26. The molecule has 1 rings (SSSR count). The van der Waals surface area contributed by atoms with Crippen molar-refractivity contribution in [2.75, 3.05) is 0 Å². The lowest BCUT2D eigenvalue weighted by atomic mass is 10.2. The first-order valence-corrected chi connectivity index (χ1v) is 4.19. The second kappa shape index (κ2) is 3.75. The molecule has 0 aliphatic heterocycles.